The molecule has 1 aliphatic heterocycles. The van der Waals surface area contributed by atoms with Crippen molar-refractivity contribution in [3.63, 3.8) is 0 Å². The normalized spacial score (nSPS) is 25.2. The lowest BCUT2D eigenvalue weighted by Gasteiger charge is -2.41. The maximum absolute atomic E-state index is 4.47. The van der Waals surface area contributed by atoms with Crippen LogP contribution in [0, 0.1) is 0 Å². The van der Waals surface area contributed by atoms with Crippen molar-refractivity contribution in [3.8, 4) is 0 Å². The maximum Gasteiger partial charge on any atom is 0.191 e. The SMILES string of the molecule is CC1CN=C(NCC2(c3ccc(Br)s3)CCC2)N1. The van der Waals surface area contributed by atoms with Gasteiger partial charge >= 0.3 is 0 Å². The highest BCUT2D eigenvalue weighted by atomic mass is 79.9. The van der Waals surface area contributed by atoms with Gasteiger partial charge in [-0.2, -0.15) is 0 Å². The van der Waals surface area contributed by atoms with Gasteiger partial charge in [0.05, 0.1) is 10.3 Å². The standard InChI is InChI=1S/C13H18BrN3S/c1-9-7-15-12(17-9)16-8-13(5-2-6-13)10-3-4-11(14)18-10/h3-4,9H,2,5-8H2,1H3,(H2,15,16,17). The first-order valence-electron chi connectivity index (χ1n) is 6.49. The minimum absolute atomic E-state index is 0.340. The van der Waals surface area contributed by atoms with Crippen molar-refractivity contribution in [1.82, 2.24) is 10.6 Å². The van der Waals surface area contributed by atoms with E-state index in [9.17, 15) is 0 Å². The predicted molar refractivity (Wildman–Crippen MR) is 80.5 cm³/mol. The summed E-state index contributed by atoms with van der Waals surface area (Å²) in [4.78, 5) is 5.97. The van der Waals surface area contributed by atoms with Crippen LogP contribution in [0.1, 0.15) is 31.1 Å². The lowest BCUT2D eigenvalue weighted by molar-refractivity contribution is 0.249. The van der Waals surface area contributed by atoms with Gasteiger partial charge in [0.25, 0.3) is 0 Å². The molecule has 1 unspecified atom stereocenters. The summed E-state index contributed by atoms with van der Waals surface area (Å²) < 4.78 is 1.23. The summed E-state index contributed by atoms with van der Waals surface area (Å²) in [6.45, 7) is 4.05. The van der Waals surface area contributed by atoms with E-state index in [1.165, 1.54) is 27.9 Å². The average molecular weight is 328 g/mol. The first-order valence-corrected chi connectivity index (χ1v) is 8.10. The van der Waals surface area contributed by atoms with Crippen LogP contribution in [0.3, 0.4) is 0 Å². The summed E-state index contributed by atoms with van der Waals surface area (Å²) in [5.74, 6) is 0.976. The molecule has 1 aromatic heterocycles. The molecule has 0 aromatic carbocycles. The number of halogens is 1. The predicted octanol–water partition coefficient (Wildman–Crippen LogP) is 2.87. The zero-order valence-corrected chi connectivity index (χ0v) is 12.9. The summed E-state index contributed by atoms with van der Waals surface area (Å²) in [6.07, 6.45) is 3.92. The van der Waals surface area contributed by atoms with Crippen molar-refractivity contribution >= 4 is 33.2 Å². The van der Waals surface area contributed by atoms with Crippen LogP contribution in [-0.4, -0.2) is 25.1 Å². The highest BCUT2D eigenvalue weighted by Crippen LogP contribution is 2.46. The molecule has 3 nitrogen and oxygen atoms in total. The lowest BCUT2D eigenvalue weighted by Crippen LogP contribution is -2.48. The van der Waals surface area contributed by atoms with Crippen LogP contribution < -0.4 is 10.6 Å². The summed E-state index contributed by atoms with van der Waals surface area (Å²) in [5, 5.41) is 6.86. The fourth-order valence-corrected chi connectivity index (χ4v) is 4.26. The fourth-order valence-electron chi connectivity index (χ4n) is 2.63. The van der Waals surface area contributed by atoms with Gasteiger partial charge in [-0.25, -0.2) is 0 Å². The Morgan fingerprint density at radius 1 is 1.56 bits per heavy atom. The minimum Gasteiger partial charge on any atom is -0.355 e. The van der Waals surface area contributed by atoms with Crippen molar-refractivity contribution in [1.29, 1.82) is 0 Å². The third-order valence-electron chi connectivity index (χ3n) is 3.91. The summed E-state index contributed by atoms with van der Waals surface area (Å²) >= 11 is 5.44. The van der Waals surface area contributed by atoms with E-state index in [-0.39, 0.29) is 0 Å². The highest BCUT2D eigenvalue weighted by molar-refractivity contribution is 9.11. The zero-order valence-electron chi connectivity index (χ0n) is 10.5. The Bertz CT molecular complexity index is 465. The smallest absolute Gasteiger partial charge is 0.191 e. The van der Waals surface area contributed by atoms with Gasteiger partial charge in [-0.05, 0) is 47.8 Å². The molecule has 98 valence electrons. The topological polar surface area (TPSA) is 36.4 Å². The number of rotatable bonds is 3. The number of aliphatic imine (C=N–C) groups is 1. The van der Waals surface area contributed by atoms with Gasteiger partial charge in [0.15, 0.2) is 5.96 Å². The monoisotopic (exact) mass is 327 g/mol. The average Bonchev–Trinajstić information content (AvgIpc) is 2.87. The molecule has 18 heavy (non-hydrogen) atoms. The van der Waals surface area contributed by atoms with Crippen molar-refractivity contribution in [2.45, 2.75) is 37.6 Å². The van der Waals surface area contributed by atoms with E-state index in [1.54, 1.807) is 0 Å². The quantitative estimate of drug-likeness (QED) is 0.895. The number of nitrogens with zero attached hydrogens (tertiary/aromatic N) is 1. The second kappa shape index (κ2) is 4.85. The Labute approximate surface area is 120 Å². The van der Waals surface area contributed by atoms with Crippen LogP contribution in [0.25, 0.3) is 0 Å². The second-order valence-electron chi connectivity index (χ2n) is 5.33. The molecule has 2 N–H and O–H groups in total. The number of hydrogen-bond acceptors (Lipinski definition) is 4. The van der Waals surface area contributed by atoms with E-state index >= 15 is 0 Å². The van der Waals surface area contributed by atoms with Gasteiger partial charge in [-0.1, -0.05) is 6.42 Å². The lowest BCUT2D eigenvalue weighted by atomic mass is 9.68. The van der Waals surface area contributed by atoms with Gasteiger partial charge < -0.3 is 10.6 Å². The summed E-state index contributed by atoms with van der Waals surface area (Å²) in [7, 11) is 0. The molecule has 1 fully saturated rings. The molecule has 0 radical (unpaired) electrons. The molecular formula is C13H18BrN3S. The first kappa shape index (κ1) is 12.5. The molecule has 2 aliphatic rings. The third kappa shape index (κ3) is 2.30. The molecule has 1 atom stereocenters. The van der Waals surface area contributed by atoms with Crippen LogP contribution in [0.5, 0.6) is 0 Å². The van der Waals surface area contributed by atoms with Crippen LogP contribution in [0.2, 0.25) is 0 Å². The van der Waals surface area contributed by atoms with E-state index in [0.717, 1.165) is 19.0 Å². The Morgan fingerprint density at radius 2 is 2.39 bits per heavy atom. The van der Waals surface area contributed by atoms with Crippen molar-refractivity contribution < 1.29 is 0 Å². The number of guanidine groups is 1. The Kier molecular flexibility index (Phi) is 3.36. The molecule has 1 aliphatic carbocycles. The molecule has 0 saturated heterocycles. The Hall–Kier alpha value is -0.550. The van der Waals surface area contributed by atoms with Crippen molar-refractivity contribution in [2.75, 3.05) is 13.1 Å². The number of hydrogen-bond donors (Lipinski definition) is 2. The van der Waals surface area contributed by atoms with Gasteiger partial charge in [-0.15, -0.1) is 11.3 Å². The summed E-state index contributed by atoms with van der Waals surface area (Å²) in [6, 6.07) is 4.90. The van der Waals surface area contributed by atoms with Gasteiger partial charge in [0, 0.05) is 22.9 Å². The van der Waals surface area contributed by atoms with E-state index in [4.69, 9.17) is 0 Å². The molecule has 0 amide bonds. The molecule has 5 heteroatoms. The maximum atomic E-state index is 4.47. The molecule has 3 rings (SSSR count). The molecule has 0 bridgehead atoms. The van der Waals surface area contributed by atoms with Gasteiger partial charge in [0.1, 0.15) is 0 Å². The Morgan fingerprint density at radius 3 is 2.89 bits per heavy atom. The molecule has 1 aromatic rings. The molecule has 1 saturated carbocycles. The second-order valence-corrected chi connectivity index (χ2v) is 7.79. The van der Waals surface area contributed by atoms with E-state index in [1.807, 2.05) is 11.3 Å². The van der Waals surface area contributed by atoms with Crippen LogP contribution in [0.15, 0.2) is 20.9 Å². The fraction of sp³-hybridized carbons (Fsp3) is 0.615. The van der Waals surface area contributed by atoms with Crippen molar-refractivity contribution in [3.05, 3.63) is 20.8 Å². The van der Waals surface area contributed by atoms with E-state index in [0.29, 0.717) is 11.5 Å². The van der Waals surface area contributed by atoms with Crippen LogP contribution in [0.4, 0.5) is 0 Å². The summed E-state index contributed by atoms with van der Waals surface area (Å²) in [5.41, 5.74) is 0.340. The highest BCUT2D eigenvalue weighted by Gasteiger charge is 2.40. The molecular weight excluding hydrogens is 310 g/mol. The Balaban J connectivity index is 1.66. The molecule has 0 spiro atoms. The largest absolute Gasteiger partial charge is 0.355 e. The zero-order chi connectivity index (χ0) is 12.6. The van der Waals surface area contributed by atoms with Gasteiger partial charge in [-0.3, -0.25) is 4.99 Å². The number of thiophene rings is 1. The van der Waals surface area contributed by atoms with Crippen LogP contribution >= 0.6 is 27.3 Å². The van der Waals surface area contributed by atoms with E-state index in [2.05, 4.69) is 50.6 Å². The third-order valence-corrected chi connectivity index (χ3v) is 5.78. The van der Waals surface area contributed by atoms with E-state index < -0.39 is 0 Å². The number of nitrogens with one attached hydrogen (secondary N) is 2. The molecule has 2 heterocycles. The van der Waals surface area contributed by atoms with Crippen LogP contribution in [-0.2, 0) is 5.41 Å². The van der Waals surface area contributed by atoms with Gasteiger partial charge in [0.2, 0.25) is 0 Å². The first-order chi connectivity index (χ1) is 8.68. The minimum atomic E-state index is 0.340. The van der Waals surface area contributed by atoms with Crippen molar-refractivity contribution in [2.24, 2.45) is 4.99 Å².